The van der Waals surface area contributed by atoms with Crippen molar-refractivity contribution in [2.24, 2.45) is 0 Å². The molecule has 1 aliphatic carbocycles. The predicted octanol–water partition coefficient (Wildman–Crippen LogP) is 2.53. The second-order valence-electron chi connectivity index (χ2n) is 9.63. The second kappa shape index (κ2) is 8.63. The van der Waals surface area contributed by atoms with Crippen molar-refractivity contribution < 1.29 is 28.2 Å². The van der Waals surface area contributed by atoms with Crippen molar-refractivity contribution in [2.75, 3.05) is 26.4 Å². The van der Waals surface area contributed by atoms with E-state index in [-0.39, 0.29) is 67.1 Å². The molecule has 3 fully saturated rings. The number of rotatable bonds is 0. The van der Waals surface area contributed by atoms with Crippen LogP contribution < -0.4 is 10.1 Å². The monoisotopic (exact) mass is 446 g/mol. The number of halogens is 1. The van der Waals surface area contributed by atoms with Crippen LogP contribution in [0.4, 0.5) is 4.39 Å². The third-order valence-electron chi connectivity index (χ3n) is 7.54. The maximum absolute atomic E-state index is 14.6. The average molecular weight is 447 g/mol. The van der Waals surface area contributed by atoms with Crippen LogP contribution in [0.25, 0.3) is 0 Å². The van der Waals surface area contributed by atoms with Gasteiger partial charge in [-0.15, -0.1) is 0 Å². The summed E-state index contributed by atoms with van der Waals surface area (Å²) in [7, 11) is 0. The maximum Gasteiger partial charge on any atom is 0.246 e. The number of fused-ring (bicyclic) bond motifs is 6. The first-order chi connectivity index (χ1) is 15.5. The van der Waals surface area contributed by atoms with E-state index in [1.165, 1.54) is 6.07 Å². The first kappa shape index (κ1) is 21.6. The quantitative estimate of drug-likeness (QED) is 0.663. The summed E-state index contributed by atoms with van der Waals surface area (Å²) in [5.41, 5.74) is 0.250. The van der Waals surface area contributed by atoms with Crippen LogP contribution in [0.1, 0.15) is 56.9 Å². The van der Waals surface area contributed by atoms with Gasteiger partial charge in [-0.3, -0.25) is 9.59 Å². The molecule has 1 saturated carbocycles. The first-order valence-corrected chi connectivity index (χ1v) is 11.7. The smallest absolute Gasteiger partial charge is 0.246 e. The Morgan fingerprint density at radius 2 is 2.00 bits per heavy atom. The fraction of sp³-hybridized carbons (Fsp3) is 0.667. The van der Waals surface area contributed by atoms with E-state index in [4.69, 9.17) is 14.2 Å². The van der Waals surface area contributed by atoms with Crippen molar-refractivity contribution in [1.29, 1.82) is 0 Å². The van der Waals surface area contributed by atoms with Crippen LogP contribution in [-0.4, -0.2) is 66.9 Å². The maximum atomic E-state index is 14.6. The van der Waals surface area contributed by atoms with Gasteiger partial charge < -0.3 is 24.4 Å². The van der Waals surface area contributed by atoms with Gasteiger partial charge in [-0.1, -0.05) is 12.1 Å². The molecule has 5 aliphatic rings. The highest BCUT2D eigenvalue weighted by Gasteiger charge is 2.55. The van der Waals surface area contributed by atoms with Gasteiger partial charge in [0.25, 0.3) is 0 Å². The average Bonchev–Trinajstić information content (AvgIpc) is 3.03. The molecule has 4 heterocycles. The Balaban J connectivity index is 1.44. The van der Waals surface area contributed by atoms with Gasteiger partial charge in [-0.2, -0.15) is 0 Å². The number of para-hydroxylation sites is 1. The largest absolute Gasteiger partial charge is 0.490 e. The highest BCUT2D eigenvalue weighted by atomic mass is 19.1. The molecule has 2 saturated heterocycles. The van der Waals surface area contributed by atoms with Gasteiger partial charge in [0, 0.05) is 11.6 Å². The molecule has 2 amide bonds. The van der Waals surface area contributed by atoms with E-state index in [1.54, 1.807) is 6.07 Å². The molecule has 1 aromatic rings. The van der Waals surface area contributed by atoms with Crippen LogP contribution in [-0.2, 0) is 19.1 Å². The van der Waals surface area contributed by atoms with Crippen LogP contribution in [0.5, 0.6) is 5.75 Å². The predicted molar refractivity (Wildman–Crippen MR) is 114 cm³/mol. The van der Waals surface area contributed by atoms with E-state index < -0.39 is 5.54 Å². The summed E-state index contributed by atoms with van der Waals surface area (Å²) in [6, 6.07) is 4.69. The normalized spacial score (nSPS) is 35.6. The lowest BCUT2D eigenvalue weighted by Crippen LogP contribution is -2.65. The van der Waals surface area contributed by atoms with E-state index in [9.17, 15) is 14.0 Å². The molecular weight excluding hydrogens is 415 g/mol. The van der Waals surface area contributed by atoms with Crippen LogP contribution in [0.15, 0.2) is 18.2 Å². The molecule has 4 aliphatic heterocycles. The van der Waals surface area contributed by atoms with Crippen LogP contribution in [0, 0.1) is 5.82 Å². The summed E-state index contributed by atoms with van der Waals surface area (Å²) in [6.45, 7) is 2.86. The minimum atomic E-state index is -0.641. The molecule has 8 heteroatoms. The summed E-state index contributed by atoms with van der Waals surface area (Å²) < 4.78 is 32.4. The number of amides is 2. The second-order valence-corrected chi connectivity index (χ2v) is 9.63. The molecule has 174 valence electrons. The lowest BCUT2D eigenvalue weighted by Gasteiger charge is -2.42. The van der Waals surface area contributed by atoms with Gasteiger partial charge in [-0.25, -0.2) is 4.39 Å². The number of hydrogen-bond donors (Lipinski definition) is 1. The van der Waals surface area contributed by atoms with Crippen molar-refractivity contribution >= 4 is 11.8 Å². The molecule has 2 unspecified atom stereocenters. The molecule has 0 radical (unpaired) electrons. The number of hydrogen-bond acceptors (Lipinski definition) is 5. The standard InChI is InChI=1S/C24H31FN2O5/c1-15-11-24(14-30-13-21(28)26-24)20-12-32-17-7-5-16(6-8-17)18-3-2-4-19(25)23(18)31-10-9-22(29)27(15)20/h2-4,15-17,20H,5-14H2,1H3,(H,26,28)/t15-,16?,17?,20?,24?/m1/s1. The van der Waals surface area contributed by atoms with E-state index in [1.807, 2.05) is 17.9 Å². The van der Waals surface area contributed by atoms with Gasteiger partial charge in [-0.05, 0) is 51.0 Å². The molecular formula is C24H31FN2O5. The fourth-order valence-corrected chi connectivity index (χ4v) is 6.10. The van der Waals surface area contributed by atoms with Gasteiger partial charge in [0.1, 0.15) is 6.61 Å². The fourth-order valence-electron chi connectivity index (χ4n) is 6.10. The lowest BCUT2D eigenvalue weighted by atomic mass is 9.82. The zero-order valence-electron chi connectivity index (χ0n) is 18.5. The van der Waals surface area contributed by atoms with Crippen molar-refractivity contribution in [3.8, 4) is 5.75 Å². The zero-order valence-corrected chi connectivity index (χ0v) is 18.5. The van der Waals surface area contributed by atoms with Crippen molar-refractivity contribution in [2.45, 2.75) is 75.1 Å². The van der Waals surface area contributed by atoms with Crippen LogP contribution in [0.3, 0.4) is 0 Å². The van der Waals surface area contributed by atoms with Crippen molar-refractivity contribution in [3.63, 3.8) is 0 Å². The number of benzene rings is 1. The Hall–Kier alpha value is -2.19. The van der Waals surface area contributed by atoms with Gasteiger partial charge >= 0.3 is 0 Å². The number of nitrogens with one attached hydrogen (secondary N) is 1. The Morgan fingerprint density at radius 1 is 1.19 bits per heavy atom. The van der Waals surface area contributed by atoms with E-state index >= 15 is 0 Å². The number of carbonyl (C=O) groups is 2. The van der Waals surface area contributed by atoms with E-state index in [0.29, 0.717) is 19.6 Å². The number of ether oxygens (including phenoxy) is 3. The molecule has 7 nitrogen and oxygen atoms in total. The van der Waals surface area contributed by atoms with Crippen molar-refractivity contribution in [3.05, 3.63) is 29.6 Å². The third kappa shape index (κ3) is 3.88. The summed E-state index contributed by atoms with van der Waals surface area (Å²) in [4.78, 5) is 27.3. The van der Waals surface area contributed by atoms with Gasteiger partial charge in [0.2, 0.25) is 11.8 Å². The molecule has 32 heavy (non-hydrogen) atoms. The molecule has 6 rings (SSSR count). The third-order valence-corrected chi connectivity index (χ3v) is 7.54. The number of carbonyl (C=O) groups excluding carboxylic acids is 2. The minimum Gasteiger partial charge on any atom is -0.490 e. The SMILES string of the molecule is C[C@@H]1CC2(COCC(=O)N2)C2COC3CCC(CC3)c3cccc(F)c3OCCC(=O)N21. The minimum absolute atomic E-state index is 0.0421. The molecule has 0 aromatic heterocycles. The zero-order chi connectivity index (χ0) is 22.3. The Bertz CT molecular complexity index is 887. The van der Waals surface area contributed by atoms with Gasteiger partial charge in [0.05, 0.1) is 43.9 Å². The highest BCUT2D eigenvalue weighted by molar-refractivity contribution is 5.81. The van der Waals surface area contributed by atoms with Crippen LogP contribution in [0.2, 0.25) is 0 Å². The summed E-state index contributed by atoms with van der Waals surface area (Å²) >= 11 is 0. The summed E-state index contributed by atoms with van der Waals surface area (Å²) in [6.07, 6.45) is 4.37. The summed E-state index contributed by atoms with van der Waals surface area (Å²) in [5.74, 6) is -0.124. The van der Waals surface area contributed by atoms with Crippen LogP contribution >= 0.6 is 0 Å². The van der Waals surface area contributed by atoms with Crippen molar-refractivity contribution in [1.82, 2.24) is 10.2 Å². The Morgan fingerprint density at radius 3 is 2.78 bits per heavy atom. The topological polar surface area (TPSA) is 77.1 Å². The van der Waals surface area contributed by atoms with E-state index in [0.717, 1.165) is 31.2 Å². The molecule has 1 aromatic carbocycles. The molecule has 3 atom stereocenters. The van der Waals surface area contributed by atoms with E-state index in [2.05, 4.69) is 5.32 Å². The van der Waals surface area contributed by atoms with Gasteiger partial charge in [0.15, 0.2) is 11.6 Å². The number of morpholine rings is 1. The first-order valence-electron chi connectivity index (χ1n) is 11.7. The molecule has 1 spiro atoms. The summed E-state index contributed by atoms with van der Waals surface area (Å²) in [5, 5.41) is 3.12. The number of nitrogens with zero attached hydrogens (tertiary/aromatic N) is 1. The lowest BCUT2D eigenvalue weighted by molar-refractivity contribution is -0.144. The molecule has 1 N–H and O–H groups in total. The molecule has 2 bridgehead atoms. The highest BCUT2D eigenvalue weighted by Crippen LogP contribution is 2.41. The Labute approximate surface area is 187 Å². The Kier molecular flexibility index (Phi) is 5.84.